The molecule has 0 aliphatic rings. The predicted octanol–water partition coefficient (Wildman–Crippen LogP) is 13.1. The molecule has 0 aromatic heterocycles. The van der Waals surface area contributed by atoms with Crippen LogP contribution >= 0.6 is 7.82 Å². The van der Waals surface area contributed by atoms with E-state index in [0.29, 0.717) is 17.4 Å². The van der Waals surface area contributed by atoms with Crippen molar-refractivity contribution in [1.82, 2.24) is 5.32 Å². The largest absolute Gasteiger partial charge is 0.756 e. The first-order valence-electron chi connectivity index (χ1n) is 23.9. The molecule has 8 nitrogen and oxygen atoms in total. The minimum atomic E-state index is -4.61. The van der Waals surface area contributed by atoms with Gasteiger partial charge in [0, 0.05) is 6.42 Å². The van der Waals surface area contributed by atoms with E-state index in [1.165, 1.54) is 77.0 Å². The number of hydrogen-bond acceptors (Lipinski definition) is 6. The quantitative estimate of drug-likeness (QED) is 0.0274. The third-order valence-electron chi connectivity index (χ3n) is 10.1. The molecule has 0 saturated carbocycles. The number of amides is 1. The monoisotopic (exact) mass is 859 g/mol. The summed E-state index contributed by atoms with van der Waals surface area (Å²) in [4.78, 5) is 25.4. The molecule has 9 heteroatoms. The Morgan fingerprint density at radius 2 is 1.03 bits per heavy atom. The number of nitrogens with one attached hydrogen (secondary N) is 1. The van der Waals surface area contributed by atoms with Crippen molar-refractivity contribution in [1.29, 1.82) is 0 Å². The van der Waals surface area contributed by atoms with Crippen LogP contribution in [0, 0.1) is 0 Å². The van der Waals surface area contributed by atoms with E-state index in [9.17, 15) is 19.4 Å². The number of phosphoric ester groups is 1. The van der Waals surface area contributed by atoms with E-state index in [1.807, 2.05) is 27.2 Å². The van der Waals surface area contributed by atoms with Crippen LogP contribution < -0.4 is 10.2 Å². The second kappa shape index (κ2) is 42.0. The highest BCUT2D eigenvalue weighted by atomic mass is 31.2. The number of phosphoric acid groups is 1. The van der Waals surface area contributed by atoms with Gasteiger partial charge in [-0.2, -0.15) is 0 Å². The zero-order chi connectivity index (χ0) is 44.3. The van der Waals surface area contributed by atoms with Crippen molar-refractivity contribution in [3.8, 4) is 0 Å². The zero-order valence-corrected chi connectivity index (χ0v) is 40.0. The number of aliphatic hydroxyl groups excluding tert-OH is 1. The fourth-order valence-corrected chi connectivity index (χ4v) is 7.03. The summed E-state index contributed by atoms with van der Waals surface area (Å²) in [7, 11) is 1.22. The summed E-state index contributed by atoms with van der Waals surface area (Å²) in [5.74, 6) is -0.223. The first-order chi connectivity index (χ1) is 29.0. The van der Waals surface area contributed by atoms with Gasteiger partial charge in [-0.1, -0.05) is 182 Å². The molecule has 0 fully saturated rings. The van der Waals surface area contributed by atoms with Crippen molar-refractivity contribution in [2.75, 3.05) is 40.9 Å². The standard InChI is InChI=1S/C51H91N2O6P/c1-6-8-10-12-14-16-18-20-22-23-24-25-26-27-28-29-31-33-35-37-39-41-43-45-51(55)52-49(48-59-60(56,57)58-47-46-53(3,4)5)50(54)44-42-40-38-36-34-32-30-21-19-17-15-13-11-9-7-2/h8,10,14,16,20,22,24-25,27-28,34,36,42,44,49-50,54H,6-7,9,11-13,15,17-19,21,23,26,29-33,35,37-41,43,45-48H2,1-5H3,(H-,52,55,56,57)/b10-8-,16-14-,22-20-,25-24-,28-27-,36-34+,44-42+. The lowest BCUT2D eigenvalue weighted by Crippen LogP contribution is -2.45. The molecule has 0 aromatic carbocycles. The summed E-state index contributed by atoms with van der Waals surface area (Å²) < 4.78 is 23.2. The highest BCUT2D eigenvalue weighted by molar-refractivity contribution is 7.45. The number of likely N-dealkylation sites (N-methyl/N-ethyl adjacent to an activating group) is 1. The number of allylic oxidation sites excluding steroid dienone is 13. The summed E-state index contributed by atoms with van der Waals surface area (Å²) >= 11 is 0. The van der Waals surface area contributed by atoms with Gasteiger partial charge >= 0.3 is 0 Å². The summed E-state index contributed by atoms with van der Waals surface area (Å²) in [6.07, 6.45) is 57.7. The molecular weight excluding hydrogens is 768 g/mol. The van der Waals surface area contributed by atoms with Crippen LogP contribution in [0.15, 0.2) is 85.1 Å². The van der Waals surface area contributed by atoms with Gasteiger partial charge in [0.1, 0.15) is 13.2 Å². The first-order valence-corrected chi connectivity index (χ1v) is 25.4. The highest BCUT2D eigenvalue weighted by Gasteiger charge is 2.23. The zero-order valence-electron chi connectivity index (χ0n) is 39.1. The molecule has 0 radical (unpaired) electrons. The Hall–Kier alpha value is -2.32. The molecule has 0 saturated heterocycles. The van der Waals surface area contributed by atoms with Crippen LogP contribution in [0.1, 0.15) is 181 Å². The van der Waals surface area contributed by atoms with E-state index in [2.05, 4.69) is 92.1 Å². The van der Waals surface area contributed by atoms with E-state index in [0.717, 1.165) is 83.5 Å². The van der Waals surface area contributed by atoms with Gasteiger partial charge in [-0.25, -0.2) is 0 Å². The molecule has 2 N–H and O–H groups in total. The van der Waals surface area contributed by atoms with Crippen LogP contribution in [0.25, 0.3) is 0 Å². The average Bonchev–Trinajstić information content (AvgIpc) is 3.20. The van der Waals surface area contributed by atoms with Gasteiger partial charge in [-0.05, 0) is 77.0 Å². The maximum absolute atomic E-state index is 12.9. The normalized spacial score (nSPS) is 15.0. The Labute approximate surface area is 369 Å². The molecule has 0 rings (SSSR count). The van der Waals surface area contributed by atoms with Crippen LogP contribution in [0.4, 0.5) is 0 Å². The van der Waals surface area contributed by atoms with Crippen LogP contribution in [-0.4, -0.2) is 68.5 Å². The van der Waals surface area contributed by atoms with Crippen molar-refractivity contribution < 1.29 is 32.9 Å². The van der Waals surface area contributed by atoms with Crippen LogP contribution in [0.2, 0.25) is 0 Å². The van der Waals surface area contributed by atoms with E-state index in [1.54, 1.807) is 6.08 Å². The van der Waals surface area contributed by atoms with Gasteiger partial charge in [0.15, 0.2) is 0 Å². The second-order valence-electron chi connectivity index (χ2n) is 17.1. The molecule has 0 aromatic rings. The van der Waals surface area contributed by atoms with E-state index in [4.69, 9.17) is 9.05 Å². The lowest BCUT2D eigenvalue weighted by Gasteiger charge is -2.29. The minimum Gasteiger partial charge on any atom is -0.756 e. The number of rotatable bonds is 42. The number of nitrogens with zero attached hydrogens (tertiary/aromatic N) is 1. The molecular formula is C51H91N2O6P. The van der Waals surface area contributed by atoms with Gasteiger partial charge < -0.3 is 28.8 Å². The van der Waals surface area contributed by atoms with E-state index >= 15 is 0 Å². The Morgan fingerprint density at radius 1 is 0.600 bits per heavy atom. The number of aliphatic hydroxyl groups is 1. The Morgan fingerprint density at radius 3 is 1.55 bits per heavy atom. The van der Waals surface area contributed by atoms with Crippen molar-refractivity contribution in [2.45, 2.75) is 193 Å². The van der Waals surface area contributed by atoms with Crippen LogP contribution in [-0.2, 0) is 18.4 Å². The molecule has 3 unspecified atom stereocenters. The number of carbonyl (C=O) groups excluding carboxylic acids is 1. The second-order valence-corrected chi connectivity index (χ2v) is 18.5. The van der Waals surface area contributed by atoms with Crippen molar-refractivity contribution in [3.05, 3.63) is 85.1 Å². The number of hydrogen-bond donors (Lipinski definition) is 2. The third kappa shape index (κ3) is 43.8. The fraction of sp³-hybridized carbons (Fsp3) is 0.706. The van der Waals surface area contributed by atoms with Crippen molar-refractivity contribution in [3.63, 3.8) is 0 Å². The SMILES string of the molecule is CC/C=C\C/C=C\C/C=C\C/C=C\C/C=C\CCCCCCCCCC(=O)NC(COP(=O)([O-])OCC[N+](C)(C)C)C(O)/C=C/CC/C=C/CCCCCCCCCCC. The molecule has 0 bridgehead atoms. The van der Waals surface area contributed by atoms with E-state index < -0.39 is 26.6 Å². The number of carbonyl (C=O) groups is 1. The van der Waals surface area contributed by atoms with E-state index in [-0.39, 0.29) is 12.5 Å². The van der Waals surface area contributed by atoms with Gasteiger partial charge in [0.05, 0.1) is 39.9 Å². The van der Waals surface area contributed by atoms with Gasteiger partial charge in [0.2, 0.25) is 5.91 Å². The molecule has 346 valence electrons. The van der Waals surface area contributed by atoms with Gasteiger partial charge in [-0.3, -0.25) is 9.36 Å². The summed E-state index contributed by atoms with van der Waals surface area (Å²) in [6, 6.07) is -0.914. The molecule has 0 aliphatic heterocycles. The molecule has 1 amide bonds. The smallest absolute Gasteiger partial charge is 0.268 e. The lowest BCUT2D eigenvalue weighted by molar-refractivity contribution is -0.870. The fourth-order valence-electron chi connectivity index (χ4n) is 6.31. The van der Waals surface area contributed by atoms with Gasteiger partial charge in [0.25, 0.3) is 7.82 Å². The summed E-state index contributed by atoms with van der Waals surface area (Å²) in [5.41, 5.74) is 0. The first kappa shape index (κ1) is 57.7. The summed E-state index contributed by atoms with van der Waals surface area (Å²) in [5, 5.41) is 13.8. The predicted molar refractivity (Wildman–Crippen MR) is 256 cm³/mol. The average molecular weight is 859 g/mol. The maximum Gasteiger partial charge on any atom is 0.268 e. The lowest BCUT2D eigenvalue weighted by atomic mass is 10.1. The van der Waals surface area contributed by atoms with Crippen LogP contribution in [0.5, 0.6) is 0 Å². The highest BCUT2D eigenvalue weighted by Crippen LogP contribution is 2.38. The third-order valence-corrected chi connectivity index (χ3v) is 11.1. The molecule has 0 aliphatic carbocycles. The molecule has 60 heavy (non-hydrogen) atoms. The van der Waals surface area contributed by atoms with Gasteiger partial charge in [-0.15, -0.1) is 0 Å². The maximum atomic E-state index is 12.9. The Kier molecular flexibility index (Phi) is 40.4. The number of quaternary nitrogens is 1. The Balaban J connectivity index is 4.42. The topological polar surface area (TPSA) is 108 Å². The molecule has 0 spiro atoms. The molecule has 3 atom stereocenters. The minimum absolute atomic E-state index is 0.0132. The number of unbranched alkanes of at least 4 members (excludes halogenated alkanes) is 17. The van der Waals surface area contributed by atoms with Crippen molar-refractivity contribution >= 4 is 13.7 Å². The Bertz CT molecular complexity index is 1250. The summed E-state index contributed by atoms with van der Waals surface area (Å²) in [6.45, 7) is 4.48. The van der Waals surface area contributed by atoms with Crippen molar-refractivity contribution in [2.24, 2.45) is 0 Å². The molecule has 0 heterocycles. The van der Waals surface area contributed by atoms with Crippen LogP contribution in [0.3, 0.4) is 0 Å².